The summed E-state index contributed by atoms with van der Waals surface area (Å²) >= 11 is 0. The normalized spacial score (nSPS) is 15.3. The number of hydrogen-bond acceptors (Lipinski definition) is 4. The van der Waals surface area contributed by atoms with Crippen LogP contribution in [0.15, 0.2) is 30.4 Å². The monoisotopic (exact) mass is 247 g/mol. The van der Waals surface area contributed by atoms with Gasteiger partial charge in [-0.2, -0.15) is 0 Å². The number of carbonyl (C=O) groups is 3. The predicted octanol–water partition coefficient (Wildman–Crippen LogP) is 0.910. The fourth-order valence-electron chi connectivity index (χ4n) is 1.70. The van der Waals surface area contributed by atoms with Crippen LogP contribution in [0.4, 0.5) is 5.69 Å². The van der Waals surface area contributed by atoms with Gasteiger partial charge in [0.2, 0.25) is 5.91 Å². The minimum atomic E-state index is -1.34. The van der Waals surface area contributed by atoms with Gasteiger partial charge < -0.3 is 10.2 Å². The minimum Gasteiger partial charge on any atom is -0.507 e. The molecule has 0 aliphatic carbocycles. The SMILES string of the molecule is C=C1CC(=O)N(c2ccc(O)c(C(=O)O)c2)C1=O. The molecule has 2 N–H and O–H groups in total. The Balaban J connectivity index is 2.49. The van der Waals surface area contributed by atoms with Gasteiger partial charge in [-0.15, -0.1) is 0 Å². The van der Waals surface area contributed by atoms with E-state index in [-0.39, 0.29) is 23.2 Å². The number of amides is 2. The maximum Gasteiger partial charge on any atom is 0.339 e. The van der Waals surface area contributed by atoms with Crippen LogP contribution in [0.25, 0.3) is 0 Å². The number of hydrogen-bond donors (Lipinski definition) is 2. The Hall–Kier alpha value is -2.63. The number of aromatic hydroxyl groups is 1. The number of phenols is 1. The second kappa shape index (κ2) is 3.99. The standard InChI is InChI=1S/C12H9NO5/c1-6-4-10(15)13(11(6)16)7-2-3-9(14)8(5-7)12(17)18/h2-3,5,14H,1,4H2,(H,17,18). The van der Waals surface area contributed by atoms with E-state index in [0.717, 1.165) is 17.0 Å². The molecule has 1 aliphatic heterocycles. The third-order valence-electron chi connectivity index (χ3n) is 2.59. The van der Waals surface area contributed by atoms with Gasteiger partial charge in [0, 0.05) is 5.57 Å². The van der Waals surface area contributed by atoms with Crippen LogP contribution in [-0.2, 0) is 9.59 Å². The van der Waals surface area contributed by atoms with E-state index >= 15 is 0 Å². The lowest BCUT2D eigenvalue weighted by atomic mass is 10.1. The highest BCUT2D eigenvalue weighted by atomic mass is 16.4. The molecule has 1 aromatic rings. The first kappa shape index (κ1) is 11.8. The third-order valence-corrected chi connectivity index (χ3v) is 2.59. The van der Waals surface area contributed by atoms with Crippen molar-refractivity contribution in [1.82, 2.24) is 0 Å². The van der Waals surface area contributed by atoms with Gasteiger partial charge in [-0.3, -0.25) is 9.59 Å². The molecule has 1 fully saturated rings. The molecule has 1 aliphatic rings. The Kier molecular flexibility index (Phi) is 2.63. The Morgan fingerprint density at radius 2 is 2.00 bits per heavy atom. The summed E-state index contributed by atoms with van der Waals surface area (Å²) in [6.45, 7) is 3.46. The smallest absolute Gasteiger partial charge is 0.339 e. The fraction of sp³-hybridized carbons (Fsp3) is 0.0833. The van der Waals surface area contributed by atoms with Gasteiger partial charge in [-0.1, -0.05) is 6.58 Å². The lowest BCUT2D eigenvalue weighted by Gasteiger charge is -2.14. The molecule has 2 amide bonds. The molecule has 1 heterocycles. The Morgan fingerprint density at radius 1 is 1.33 bits per heavy atom. The molecule has 6 heteroatoms. The average molecular weight is 247 g/mol. The second-order valence-electron chi connectivity index (χ2n) is 3.82. The maximum absolute atomic E-state index is 11.7. The average Bonchev–Trinajstić information content (AvgIpc) is 2.54. The van der Waals surface area contributed by atoms with Crippen LogP contribution in [0.5, 0.6) is 5.75 Å². The van der Waals surface area contributed by atoms with Crippen molar-refractivity contribution in [1.29, 1.82) is 0 Å². The van der Waals surface area contributed by atoms with Gasteiger partial charge in [0.15, 0.2) is 0 Å². The van der Waals surface area contributed by atoms with E-state index in [0.29, 0.717) is 0 Å². The van der Waals surface area contributed by atoms with Gasteiger partial charge in [0.1, 0.15) is 11.3 Å². The number of nitrogens with zero attached hydrogens (tertiary/aromatic N) is 1. The van der Waals surface area contributed by atoms with Gasteiger partial charge in [0.05, 0.1) is 12.1 Å². The van der Waals surface area contributed by atoms with Crippen LogP contribution in [0.1, 0.15) is 16.8 Å². The van der Waals surface area contributed by atoms with Crippen molar-refractivity contribution in [2.45, 2.75) is 6.42 Å². The zero-order valence-electron chi connectivity index (χ0n) is 9.21. The van der Waals surface area contributed by atoms with Crippen molar-refractivity contribution in [2.24, 2.45) is 0 Å². The van der Waals surface area contributed by atoms with Crippen LogP contribution >= 0.6 is 0 Å². The van der Waals surface area contributed by atoms with Crippen molar-refractivity contribution in [2.75, 3.05) is 4.90 Å². The molecule has 0 bridgehead atoms. The van der Waals surface area contributed by atoms with Crippen LogP contribution in [0.3, 0.4) is 0 Å². The number of rotatable bonds is 2. The summed E-state index contributed by atoms with van der Waals surface area (Å²) in [6.07, 6.45) is -0.0812. The van der Waals surface area contributed by atoms with Gasteiger partial charge >= 0.3 is 5.97 Å². The van der Waals surface area contributed by atoms with Crippen molar-refractivity contribution in [3.8, 4) is 5.75 Å². The molecule has 0 spiro atoms. The number of carbonyl (C=O) groups excluding carboxylic acids is 2. The predicted molar refractivity (Wildman–Crippen MR) is 61.3 cm³/mol. The molecule has 1 saturated heterocycles. The summed E-state index contributed by atoms with van der Waals surface area (Å²) in [5.41, 5.74) is -0.102. The van der Waals surface area contributed by atoms with E-state index in [1.54, 1.807) is 0 Å². The number of imide groups is 1. The van der Waals surface area contributed by atoms with Crippen molar-refractivity contribution >= 4 is 23.5 Å². The first-order valence-corrected chi connectivity index (χ1v) is 5.03. The van der Waals surface area contributed by atoms with E-state index in [4.69, 9.17) is 5.11 Å². The summed E-state index contributed by atoms with van der Waals surface area (Å²) < 4.78 is 0. The summed E-state index contributed by atoms with van der Waals surface area (Å²) in [7, 11) is 0. The molecular formula is C12H9NO5. The van der Waals surface area contributed by atoms with Gasteiger partial charge in [0.25, 0.3) is 5.91 Å². The van der Waals surface area contributed by atoms with Crippen LogP contribution in [-0.4, -0.2) is 28.0 Å². The number of carboxylic acids is 1. The fourth-order valence-corrected chi connectivity index (χ4v) is 1.70. The highest BCUT2D eigenvalue weighted by Crippen LogP contribution is 2.29. The minimum absolute atomic E-state index is 0.0812. The van der Waals surface area contributed by atoms with Crippen molar-refractivity contribution in [3.63, 3.8) is 0 Å². The van der Waals surface area contributed by atoms with Crippen LogP contribution in [0.2, 0.25) is 0 Å². The molecule has 0 saturated carbocycles. The zero-order valence-corrected chi connectivity index (χ0v) is 9.21. The van der Waals surface area contributed by atoms with E-state index < -0.39 is 23.5 Å². The second-order valence-corrected chi connectivity index (χ2v) is 3.82. The summed E-state index contributed by atoms with van der Waals surface area (Å²) in [5, 5.41) is 18.2. The largest absolute Gasteiger partial charge is 0.507 e. The van der Waals surface area contributed by atoms with E-state index in [2.05, 4.69) is 6.58 Å². The maximum atomic E-state index is 11.7. The van der Waals surface area contributed by atoms with Gasteiger partial charge in [-0.25, -0.2) is 9.69 Å². The summed E-state index contributed by atoms with van der Waals surface area (Å²) in [4.78, 5) is 35.0. The zero-order chi connectivity index (χ0) is 13.4. The lowest BCUT2D eigenvalue weighted by Crippen LogP contribution is -2.29. The Morgan fingerprint density at radius 3 is 2.50 bits per heavy atom. The van der Waals surface area contributed by atoms with Crippen LogP contribution in [0, 0.1) is 0 Å². The van der Waals surface area contributed by atoms with E-state index in [1.165, 1.54) is 6.07 Å². The summed E-state index contributed by atoms with van der Waals surface area (Å²) in [5.74, 6) is -2.79. The lowest BCUT2D eigenvalue weighted by molar-refractivity contribution is -0.120. The third kappa shape index (κ3) is 1.73. The molecule has 92 valence electrons. The molecule has 18 heavy (non-hydrogen) atoms. The highest BCUT2D eigenvalue weighted by molar-refractivity contribution is 6.28. The van der Waals surface area contributed by atoms with Crippen molar-refractivity contribution in [3.05, 3.63) is 35.9 Å². The number of anilines is 1. The van der Waals surface area contributed by atoms with E-state index in [1.807, 2.05) is 0 Å². The number of aromatic carboxylic acids is 1. The first-order chi connectivity index (χ1) is 8.41. The Bertz CT molecular complexity index is 590. The van der Waals surface area contributed by atoms with E-state index in [9.17, 15) is 19.5 Å². The van der Waals surface area contributed by atoms with Crippen molar-refractivity contribution < 1.29 is 24.6 Å². The molecule has 1 aromatic carbocycles. The Labute approximate surface area is 102 Å². The molecule has 0 unspecified atom stereocenters. The molecule has 2 rings (SSSR count). The number of carboxylic acid groups (broad SMARTS) is 1. The topological polar surface area (TPSA) is 94.9 Å². The molecule has 0 atom stereocenters. The van der Waals surface area contributed by atoms with Crippen LogP contribution < -0.4 is 4.90 Å². The highest BCUT2D eigenvalue weighted by Gasteiger charge is 2.34. The first-order valence-electron chi connectivity index (χ1n) is 5.03. The quantitative estimate of drug-likeness (QED) is 0.598. The molecular weight excluding hydrogens is 238 g/mol. The van der Waals surface area contributed by atoms with Gasteiger partial charge in [-0.05, 0) is 18.2 Å². The molecule has 0 aromatic heterocycles. The molecule has 6 nitrogen and oxygen atoms in total. The number of benzene rings is 1. The summed E-state index contributed by atoms with van der Waals surface area (Å²) in [6, 6.07) is 3.50. The molecule has 0 radical (unpaired) electrons.